The van der Waals surface area contributed by atoms with E-state index in [1.54, 1.807) is 35.0 Å². The summed E-state index contributed by atoms with van der Waals surface area (Å²) in [7, 11) is 0. The molecule has 2 aliphatic rings. The van der Waals surface area contributed by atoms with Crippen LogP contribution >= 0.6 is 27.4 Å². The Labute approximate surface area is 142 Å². The molecule has 1 aromatic rings. The molecule has 22 heavy (non-hydrogen) atoms. The molecule has 2 N–H and O–H groups in total. The van der Waals surface area contributed by atoms with Crippen LogP contribution in [-0.2, 0) is 21.1 Å². The molecule has 0 aliphatic carbocycles. The van der Waals surface area contributed by atoms with Gasteiger partial charge in [-0.25, -0.2) is 4.79 Å². The van der Waals surface area contributed by atoms with E-state index in [4.69, 9.17) is 26.8 Å². The van der Waals surface area contributed by atoms with Crippen molar-refractivity contribution >= 4 is 45.1 Å². The van der Waals surface area contributed by atoms with Crippen LogP contribution in [-0.4, -0.2) is 33.8 Å². The van der Waals surface area contributed by atoms with Crippen molar-refractivity contribution in [3.63, 3.8) is 0 Å². The van der Waals surface area contributed by atoms with Crippen LogP contribution in [0.4, 0.5) is 5.82 Å². The van der Waals surface area contributed by atoms with E-state index in [0.717, 1.165) is 17.9 Å². The highest BCUT2D eigenvalue weighted by atomic mass is 33.2. The maximum atomic E-state index is 11.9. The number of anilines is 1. The predicted molar refractivity (Wildman–Crippen MR) is 95.8 cm³/mol. The number of rotatable bonds is 4. The highest BCUT2D eigenvalue weighted by molar-refractivity contribution is 9.00. The van der Waals surface area contributed by atoms with E-state index in [2.05, 4.69) is 11.9 Å². The first-order valence-electron chi connectivity index (χ1n) is 7.01. The fraction of sp³-hybridized carbons (Fsp3) is 0.667. The van der Waals surface area contributed by atoms with Gasteiger partial charge in [0.2, 0.25) is 0 Å². The quantitative estimate of drug-likeness (QED) is 0.800. The molecule has 0 spiro atoms. The first kappa shape index (κ1) is 16.8. The van der Waals surface area contributed by atoms with Gasteiger partial charge in [-0.1, -0.05) is 29.7 Å². The monoisotopic (exact) mass is 379 g/mol. The van der Waals surface area contributed by atoms with Crippen LogP contribution in [0.2, 0.25) is 0 Å². The maximum absolute atomic E-state index is 11.9. The van der Waals surface area contributed by atoms with Crippen molar-refractivity contribution < 1.29 is 9.26 Å². The fourth-order valence-electron chi connectivity index (χ4n) is 2.46. The zero-order valence-corrected chi connectivity index (χ0v) is 15.4. The molecule has 2 saturated heterocycles. The van der Waals surface area contributed by atoms with Crippen molar-refractivity contribution in [2.45, 2.75) is 25.7 Å². The van der Waals surface area contributed by atoms with Gasteiger partial charge in [-0.05, 0) is 30.2 Å². The number of hydrogen-bond acceptors (Lipinski definition) is 8. The highest BCUT2D eigenvalue weighted by Gasteiger charge is 2.36. The third kappa shape index (κ3) is 3.71. The Balaban J connectivity index is 1.64. The van der Waals surface area contributed by atoms with E-state index < -0.39 is 4.67 Å². The van der Waals surface area contributed by atoms with Crippen molar-refractivity contribution in [1.82, 2.24) is 9.55 Å². The van der Waals surface area contributed by atoms with Gasteiger partial charge in [-0.2, -0.15) is 4.98 Å². The van der Waals surface area contributed by atoms with Gasteiger partial charge in [0.05, 0.1) is 12.7 Å². The molecule has 122 valence electrons. The van der Waals surface area contributed by atoms with E-state index in [1.165, 1.54) is 4.57 Å². The third-order valence-corrected chi connectivity index (χ3v) is 13.5. The highest BCUT2D eigenvalue weighted by Crippen LogP contribution is 2.74. The summed E-state index contributed by atoms with van der Waals surface area (Å²) in [5, 5.41) is 0. The van der Waals surface area contributed by atoms with Gasteiger partial charge in [0.1, 0.15) is 12.0 Å². The normalized spacial score (nSPS) is 30.7. The number of aromatic nitrogens is 2. The van der Waals surface area contributed by atoms with Crippen LogP contribution in [0.25, 0.3) is 0 Å². The second-order valence-electron chi connectivity index (χ2n) is 5.29. The molecule has 1 aromatic heterocycles. The van der Waals surface area contributed by atoms with Gasteiger partial charge in [0.25, 0.3) is 0 Å². The van der Waals surface area contributed by atoms with Crippen molar-refractivity contribution in [3.05, 3.63) is 22.7 Å². The Morgan fingerprint density at radius 3 is 3.00 bits per heavy atom. The van der Waals surface area contributed by atoms with E-state index in [0.29, 0.717) is 12.5 Å². The van der Waals surface area contributed by atoms with Gasteiger partial charge in [-0.15, -0.1) is 0 Å². The lowest BCUT2D eigenvalue weighted by Gasteiger charge is -2.20. The summed E-state index contributed by atoms with van der Waals surface area (Å²) in [5.41, 5.74) is 5.13. The SMILES string of the molecule is C[C@H]1C[C@H](n2ccc(N)nc2=O)O[C@@H]1COP1(=S)SCCS1. The Bertz CT molecular complexity index is 646. The molecule has 3 heterocycles. The average molecular weight is 379 g/mol. The number of nitrogens with zero attached hydrogens (tertiary/aromatic N) is 2. The molecular formula is C12H18N3O3PS3. The maximum Gasteiger partial charge on any atom is 0.351 e. The molecule has 2 aliphatic heterocycles. The molecule has 0 aromatic carbocycles. The lowest BCUT2D eigenvalue weighted by Crippen LogP contribution is -2.27. The van der Waals surface area contributed by atoms with Crippen LogP contribution < -0.4 is 11.4 Å². The second-order valence-corrected chi connectivity index (χ2v) is 16.0. The van der Waals surface area contributed by atoms with Gasteiger partial charge < -0.3 is 15.0 Å². The van der Waals surface area contributed by atoms with E-state index >= 15 is 0 Å². The molecule has 2 fully saturated rings. The van der Waals surface area contributed by atoms with E-state index in [9.17, 15) is 4.79 Å². The van der Waals surface area contributed by atoms with Crippen LogP contribution in [0.1, 0.15) is 19.6 Å². The summed E-state index contributed by atoms with van der Waals surface area (Å²) in [6.45, 7) is 2.60. The zero-order valence-electron chi connectivity index (χ0n) is 12.1. The van der Waals surface area contributed by atoms with Crippen LogP contribution in [0.15, 0.2) is 17.1 Å². The van der Waals surface area contributed by atoms with Gasteiger partial charge in [0, 0.05) is 17.7 Å². The molecule has 3 atom stereocenters. The summed E-state index contributed by atoms with van der Waals surface area (Å²) in [6, 6.07) is 1.61. The Hall–Kier alpha value is -0.0500. The Morgan fingerprint density at radius 1 is 1.59 bits per heavy atom. The van der Waals surface area contributed by atoms with Crippen molar-refractivity contribution in [1.29, 1.82) is 0 Å². The van der Waals surface area contributed by atoms with Crippen molar-refractivity contribution in [3.8, 4) is 0 Å². The topological polar surface area (TPSA) is 79.4 Å². The largest absolute Gasteiger partial charge is 0.383 e. The molecule has 3 rings (SSSR count). The molecule has 0 amide bonds. The van der Waals surface area contributed by atoms with Gasteiger partial charge in [-0.3, -0.25) is 4.57 Å². The summed E-state index contributed by atoms with van der Waals surface area (Å²) in [4.78, 5) is 15.6. The molecular weight excluding hydrogens is 361 g/mol. The van der Waals surface area contributed by atoms with Crippen LogP contribution in [0, 0.1) is 5.92 Å². The van der Waals surface area contributed by atoms with Crippen molar-refractivity contribution in [2.24, 2.45) is 5.92 Å². The zero-order chi connectivity index (χ0) is 15.7. The van der Waals surface area contributed by atoms with Gasteiger partial charge >= 0.3 is 5.69 Å². The second kappa shape index (κ2) is 6.83. The number of nitrogens with two attached hydrogens (primary N) is 1. The minimum Gasteiger partial charge on any atom is -0.383 e. The van der Waals surface area contributed by atoms with E-state index in [-0.39, 0.29) is 23.8 Å². The first-order chi connectivity index (χ1) is 10.5. The van der Waals surface area contributed by atoms with Crippen molar-refractivity contribution in [2.75, 3.05) is 23.8 Å². The molecule has 0 bridgehead atoms. The summed E-state index contributed by atoms with van der Waals surface area (Å²) in [6.07, 6.45) is 2.03. The average Bonchev–Trinajstić information content (AvgIpc) is 3.04. The summed E-state index contributed by atoms with van der Waals surface area (Å²) in [5.74, 6) is 2.66. The smallest absolute Gasteiger partial charge is 0.351 e. The molecule has 0 radical (unpaired) electrons. The van der Waals surface area contributed by atoms with Crippen LogP contribution in [0.3, 0.4) is 0 Å². The van der Waals surface area contributed by atoms with E-state index in [1.807, 2.05) is 0 Å². The summed E-state index contributed by atoms with van der Waals surface area (Å²) >= 11 is 9.10. The predicted octanol–water partition coefficient (Wildman–Crippen LogP) is 2.47. The van der Waals surface area contributed by atoms with Crippen LogP contribution in [0.5, 0.6) is 0 Å². The molecule has 6 nitrogen and oxygen atoms in total. The third-order valence-electron chi connectivity index (χ3n) is 3.68. The Morgan fingerprint density at radius 2 is 2.32 bits per heavy atom. The molecule has 0 unspecified atom stereocenters. The lowest BCUT2D eigenvalue weighted by atomic mass is 10.0. The summed E-state index contributed by atoms with van der Waals surface area (Å²) < 4.78 is 11.7. The minimum absolute atomic E-state index is 0.0453. The number of ether oxygens (including phenoxy) is 1. The number of hydrogen-bond donors (Lipinski definition) is 1. The minimum atomic E-state index is -1.77. The molecule has 0 saturated carbocycles. The standard InChI is InChI=1S/C12H18N3O3PS3/c1-8-6-11(15-3-2-10(13)14-12(15)16)18-9(8)7-17-19(20)21-4-5-22-19/h2-3,8-9,11H,4-7H2,1H3,(H2,13,14,16)/t8-,9+,11+/m0/s1. The fourth-order valence-corrected chi connectivity index (χ4v) is 11.3. The first-order valence-corrected chi connectivity index (χ1v) is 12.9. The molecule has 10 heteroatoms. The lowest BCUT2D eigenvalue weighted by molar-refractivity contribution is -0.0239. The van der Waals surface area contributed by atoms with Gasteiger partial charge in [0.15, 0.2) is 4.67 Å². The number of nitrogen functional groups attached to an aromatic ring is 1. The Kier molecular flexibility index (Phi) is 5.21.